The molecule has 0 saturated heterocycles. The smallest absolute Gasteiger partial charge is 0.243 e. The molecular formula is C9H4Cl3NO2S2. The summed E-state index contributed by atoms with van der Waals surface area (Å²) >= 11 is 12.8. The van der Waals surface area contributed by atoms with E-state index < -0.39 is 9.05 Å². The van der Waals surface area contributed by atoms with Crippen molar-refractivity contribution in [1.82, 2.24) is 4.98 Å². The van der Waals surface area contributed by atoms with Gasteiger partial charge in [-0.1, -0.05) is 35.3 Å². The van der Waals surface area contributed by atoms with E-state index in [2.05, 4.69) is 4.98 Å². The van der Waals surface area contributed by atoms with E-state index in [1.54, 1.807) is 18.2 Å². The van der Waals surface area contributed by atoms with Crippen LogP contribution in [0.1, 0.15) is 0 Å². The Labute approximate surface area is 116 Å². The molecule has 3 nitrogen and oxygen atoms in total. The average molecular weight is 329 g/mol. The van der Waals surface area contributed by atoms with Gasteiger partial charge in [-0.15, -0.1) is 11.3 Å². The molecule has 0 aliphatic carbocycles. The standard InChI is InChI=1S/C9H4Cl3NO2S2/c10-6-3-1-2-5(8(6)11)9-13-4-7(16-9)17(12,14)15/h1-4H. The fourth-order valence-corrected chi connectivity index (χ4v) is 3.51. The van der Waals surface area contributed by atoms with Crippen LogP contribution >= 0.6 is 45.2 Å². The quantitative estimate of drug-likeness (QED) is 0.782. The molecule has 0 spiro atoms. The zero-order valence-electron chi connectivity index (χ0n) is 8.02. The van der Waals surface area contributed by atoms with Gasteiger partial charge in [0.15, 0.2) is 4.21 Å². The lowest BCUT2D eigenvalue weighted by Crippen LogP contribution is -1.83. The molecule has 17 heavy (non-hydrogen) atoms. The molecule has 1 aromatic carbocycles. The van der Waals surface area contributed by atoms with Crippen LogP contribution in [0.2, 0.25) is 10.0 Å². The van der Waals surface area contributed by atoms with Crippen molar-refractivity contribution >= 4 is 54.3 Å². The van der Waals surface area contributed by atoms with Gasteiger partial charge in [0, 0.05) is 16.2 Å². The average Bonchev–Trinajstić information content (AvgIpc) is 2.70. The highest BCUT2D eigenvalue weighted by atomic mass is 35.7. The van der Waals surface area contributed by atoms with E-state index in [1.165, 1.54) is 6.20 Å². The first kappa shape index (κ1) is 13.1. The lowest BCUT2D eigenvalue weighted by atomic mass is 10.2. The lowest BCUT2D eigenvalue weighted by Gasteiger charge is -2.01. The predicted octanol–water partition coefficient (Wildman–Crippen LogP) is 4.04. The molecule has 0 radical (unpaired) electrons. The normalized spacial score (nSPS) is 11.7. The number of hydrogen-bond acceptors (Lipinski definition) is 4. The molecule has 0 aliphatic rings. The van der Waals surface area contributed by atoms with Crippen molar-refractivity contribution in [2.75, 3.05) is 0 Å². The number of thiazole rings is 1. The highest BCUT2D eigenvalue weighted by molar-refractivity contribution is 8.15. The fraction of sp³-hybridized carbons (Fsp3) is 0. The van der Waals surface area contributed by atoms with Gasteiger partial charge in [-0.25, -0.2) is 13.4 Å². The Balaban J connectivity index is 2.55. The van der Waals surface area contributed by atoms with Gasteiger partial charge in [0.05, 0.1) is 16.2 Å². The number of rotatable bonds is 2. The highest BCUT2D eigenvalue weighted by Crippen LogP contribution is 2.36. The van der Waals surface area contributed by atoms with E-state index in [0.717, 1.165) is 11.3 Å². The van der Waals surface area contributed by atoms with Crippen LogP contribution in [-0.2, 0) is 9.05 Å². The van der Waals surface area contributed by atoms with Crippen molar-refractivity contribution in [1.29, 1.82) is 0 Å². The minimum absolute atomic E-state index is 0.0230. The molecule has 90 valence electrons. The van der Waals surface area contributed by atoms with Crippen molar-refractivity contribution in [3.05, 3.63) is 34.4 Å². The van der Waals surface area contributed by atoms with Gasteiger partial charge in [-0.05, 0) is 6.07 Å². The SMILES string of the molecule is O=S(=O)(Cl)c1cnc(-c2cccc(Cl)c2Cl)s1. The van der Waals surface area contributed by atoms with E-state index in [1.807, 2.05) is 0 Å². The molecule has 0 saturated carbocycles. The van der Waals surface area contributed by atoms with Crippen LogP contribution in [0.5, 0.6) is 0 Å². The van der Waals surface area contributed by atoms with Gasteiger partial charge in [0.25, 0.3) is 9.05 Å². The van der Waals surface area contributed by atoms with Crippen molar-refractivity contribution in [3.63, 3.8) is 0 Å². The van der Waals surface area contributed by atoms with Gasteiger partial charge < -0.3 is 0 Å². The first-order chi connectivity index (χ1) is 7.89. The largest absolute Gasteiger partial charge is 0.272 e. The molecule has 0 bridgehead atoms. The minimum atomic E-state index is -3.76. The summed E-state index contributed by atoms with van der Waals surface area (Å²) in [6, 6.07) is 5.05. The summed E-state index contributed by atoms with van der Waals surface area (Å²) in [6.07, 6.45) is 1.19. The summed E-state index contributed by atoms with van der Waals surface area (Å²) in [4.78, 5) is 3.97. The van der Waals surface area contributed by atoms with E-state index in [0.29, 0.717) is 20.6 Å². The van der Waals surface area contributed by atoms with Crippen LogP contribution in [0.3, 0.4) is 0 Å². The third-order valence-corrected chi connectivity index (χ3v) is 5.82. The third kappa shape index (κ3) is 2.74. The maximum atomic E-state index is 11.1. The lowest BCUT2D eigenvalue weighted by molar-refractivity contribution is 0.611. The van der Waals surface area contributed by atoms with Crippen LogP contribution in [0.15, 0.2) is 28.6 Å². The summed E-state index contributed by atoms with van der Waals surface area (Å²) < 4.78 is 22.2. The van der Waals surface area contributed by atoms with Gasteiger partial charge in [-0.3, -0.25) is 0 Å². The van der Waals surface area contributed by atoms with Gasteiger partial charge in [-0.2, -0.15) is 0 Å². The second-order valence-electron chi connectivity index (χ2n) is 3.02. The van der Waals surface area contributed by atoms with Crippen LogP contribution < -0.4 is 0 Å². The van der Waals surface area contributed by atoms with E-state index in [4.69, 9.17) is 33.9 Å². The molecule has 8 heteroatoms. The van der Waals surface area contributed by atoms with Crippen LogP contribution in [0.25, 0.3) is 10.6 Å². The molecular weight excluding hydrogens is 325 g/mol. The summed E-state index contributed by atoms with van der Waals surface area (Å²) in [6.45, 7) is 0. The number of benzene rings is 1. The van der Waals surface area contributed by atoms with Gasteiger partial charge >= 0.3 is 0 Å². The summed E-state index contributed by atoms with van der Waals surface area (Å²) in [5, 5.41) is 1.17. The summed E-state index contributed by atoms with van der Waals surface area (Å²) in [7, 11) is 1.45. The maximum absolute atomic E-state index is 11.1. The zero-order valence-corrected chi connectivity index (χ0v) is 11.9. The second kappa shape index (κ2) is 4.74. The topological polar surface area (TPSA) is 47.0 Å². The number of hydrogen-bond donors (Lipinski definition) is 0. The van der Waals surface area contributed by atoms with Crippen molar-refractivity contribution in [3.8, 4) is 10.6 Å². The Morgan fingerprint density at radius 2 is 1.94 bits per heavy atom. The van der Waals surface area contributed by atoms with E-state index in [9.17, 15) is 8.42 Å². The summed E-state index contributed by atoms with van der Waals surface area (Å²) in [5.41, 5.74) is 0.579. The Hall–Kier alpha value is -0.330. The molecule has 0 atom stereocenters. The molecule has 0 unspecified atom stereocenters. The first-order valence-electron chi connectivity index (χ1n) is 4.24. The van der Waals surface area contributed by atoms with E-state index >= 15 is 0 Å². The molecule has 1 heterocycles. The minimum Gasteiger partial charge on any atom is -0.243 e. The number of aromatic nitrogens is 1. The maximum Gasteiger partial charge on any atom is 0.272 e. The summed E-state index contributed by atoms with van der Waals surface area (Å²) in [5.74, 6) is 0. The van der Waals surface area contributed by atoms with Crippen molar-refractivity contribution in [2.45, 2.75) is 4.21 Å². The van der Waals surface area contributed by atoms with Crippen LogP contribution in [0, 0.1) is 0 Å². The first-order valence-corrected chi connectivity index (χ1v) is 8.12. The third-order valence-electron chi connectivity index (χ3n) is 1.91. The van der Waals surface area contributed by atoms with Crippen LogP contribution in [0.4, 0.5) is 0 Å². The monoisotopic (exact) mass is 327 g/mol. The second-order valence-corrected chi connectivity index (χ2v) is 7.63. The molecule has 0 amide bonds. The molecule has 0 aliphatic heterocycles. The Morgan fingerprint density at radius 1 is 1.24 bits per heavy atom. The predicted molar refractivity (Wildman–Crippen MR) is 70.6 cm³/mol. The zero-order chi connectivity index (χ0) is 12.6. The number of halogens is 3. The molecule has 2 rings (SSSR count). The molecule has 0 fully saturated rings. The molecule has 1 aromatic heterocycles. The Morgan fingerprint density at radius 3 is 2.53 bits per heavy atom. The van der Waals surface area contributed by atoms with Gasteiger partial charge in [0.2, 0.25) is 0 Å². The Kier molecular flexibility index (Phi) is 3.66. The Bertz CT molecular complexity index is 667. The highest BCUT2D eigenvalue weighted by Gasteiger charge is 2.17. The number of nitrogens with zero attached hydrogens (tertiary/aromatic N) is 1. The van der Waals surface area contributed by atoms with Crippen molar-refractivity contribution in [2.24, 2.45) is 0 Å². The fourth-order valence-electron chi connectivity index (χ4n) is 1.17. The van der Waals surface area contributed by atoms with Gasteiger partial charge in [0.1, 0.15) is 5.01 Å². The molecule has 2 aromatic rings. The molecule has 0 N–H and O–H groups in total. The van der Waals surface area contributed by atoms with Crippen LogP contribution in [-0.4, -0.2) is 13.4 Å². The van der Waals surface area contributed by atoms with Crippen molar-refractivity contribution < 1.29 is 8.42 Å². The van der Waals surface area contributed by atoms with E-state index in [-0.39, 0.29) is 4.21 Å².